The molecule has 0 radical (unpaired) electrons. The molecule has 3 aromatic heterocycles. The molecule has 1 N–H and O–H groups in total. The van der Waals surface area contributed by atoms with Crippen LogP contribution in [0.2, 0.25) is 0 Å². The Balaban J connectivity index is 1.47. The number of nitrogens with zero attached hydrogens (tertiary/aromatic N) is 3. The maximum Gasteiger partial charge on any atom is 0.139 e. The summed E-state index contributed by atoms with van der Waals surface area (Å²) in [6.45, 7) is 0. The van der Waals surface area contributed by atoms with Gasteiger partial charge in [0.05, 0.1) is 5.69 Å². The summed E-state index contributed by atoms with van der Waals surface area (Å²) in [6.07, 6.45) is 1.82. The highest BCUT2D eigenvalue weighted by atomic mass is 15.2. The lowest BCUT2D eigenvalue weighted by Gasteiger charge is -2.24. The van der Waals surface area contributed by atoms with Crippen LogP contribution >= 0.6 is 0 Å². The molecule has 0 aliphatic rings. The van der Waals surface area contributed by atoms with Gasteiger partial charge in [0, 0.05) is 39.4 Å². The highest BCUT2D eigenvalue weighted by Gasteiger charge is 2.14. The number of hydrogen-bond acceptors (Lipinski definition) is 3. The van der Waals surface area contributed by atoms with E-state index >= 15 is 0 Å². The fourth-order valence-corrected chi connectivity index (χ4v) is 4.17. The molecule has 0 amide bonds. The molecule has 0 bridgehead atoms. The van der Waals surface area contributed by atoms with E-state index in [1.54, 1.807) is 0 Å². The number of rotatable bonds is 4. The Morgan fingerprint density at radius 3 is 2.31 bits per heavy atom. The van der Waals surface area contributed by atoms with Crippen LogP contribution in [0.4, 0.5) is 17.2 Å². The fourth-order valence-electron chi connectivity index (χ4n) is 4.17. The van der Waals surface area contributed by atoms with Crippen molar-refractivity contribution in [2.24, 2.45) is 0 Å². The SMILES string of the molecule is c1ccc(N(c2cccc(-c3ccc4c(n3)[nH]c3ccccc34)c2)c2ccccn2)cc1. The van der Waals surface area contributed by atoms with Crippen LogP contribution in [-0.4, -0.2) is 15.0 Å². The van der Waals surface area contributed by atoms with Gasteiger partial charge in [0.2, 0.25) is 0 Å². The predicted molar refractivity (Wildman–Crippen MR) is 132 cm³/mol. The van der Waals surface area contributed by atoms with E-state index in [1.807, 2.05) is 48.7 Å². The number of nitrogens with one attached hydrogen (secondary N) is 1. The van der Waals surface area contributed by atoms with Crippen LogP contribution in [0.5, 0.6) is 0 Å². The minimum atomic E-state index is 0.870. The average Bonchev–Trinajstić information content (AvgIpc) is 3.24. The number of H-pyrrole nitrogens is 1. The summed E-state index contributed by atoms with van der Waals surface area (Å²) in [4.78, 5) is 15.1. The average molecular weight is 412 g/mol. The summed E-state index contributed by atoms with van der Waals surface area (Å²) in [6, 6.07) is 37.2. The Kier molecular flexibility index (Phi) is 4.40. The molecule has 0 fully saturated rings. The Bertz CT molecular complexity index is 1480. The maximum absolute atomic E-state index is 4.94. The molecule has 6 rings (SSSR count). The molecule has 0 spiro atoms. The third-order valence-corrected chi connectivity index (χ3v) is 5.66. The number of para-hydroxylation sites is 2. The van der Waals surface area contributed by atoms with Gasteiger partial charge in [-0.2, -0.15) is 0 Å². The summed E-state index contributed by atoms with van der Waals surface area (Å²) in [5, 5.41) is 2.33. The van der Waals surface area contributed by atoms with Gasteiger partial charge < -0.3 is 4.98 Å². The number of pyridine rings is 2. The van der Waals surface area contributed by atoms with Crippen molar-refractivity contribution in [3.05, 3.63) is 115 Å². The molecule has 6 aromatic rings. The molecule has 0 saturated carbocycles. The zero-order chi connectivity index (χ0) is 21.3. The first-order chi connectivity index (χ1) is 15.9. The molecule has 4 nitrogen and oxygen atoms in total. The number of aromatic nitrogens is 3. The Morgan fingerprint density at radius 2 is 1.44 bits per heavy atom. The summed E-state index contributed by atoms with van der Waals surface area (Å²) in [7, 11) is 0. The first-order valence-corrected chi connectivity index (χ1v) is 10.6. The van der Waals surface area contributed by atoms with E-state index in [-0.39, 0.29) is 0 Å². The highest BCUT2D eigenvalue weighted by molar-refractivity contribution is 6.06. The molecule has 152 valence electrons. The standard InChI is InChI=1S/C28H20N4/c1-2-10-21(11-3-1)32(27-15-6-7-18-29-27)22-12-8-9-20(19-22)25-17-16-24-23-13-4-5-14-26(23)31-28(24)30-25/h1-19H,(H,30,31). The minimum absolute atomic E-state index is 0.870. The largest absolute Gasteiger partial charge is 0.339 e. The van der Waals surface area contributed by atoms with Gasteiger partial charge in [0.25, 0.3) is 0 Å². The number of hydrogen-bond donors (Lipinski definition) is 1. The monoisotopic (exact) mass is 412 g/mol. The zero-order valence-corrected chi connectivity index (χ0v) is 17.3. The van der Waals surface area contributed by atoms with Crippen LogP contribution in [0.25, 0.3) is 33.2 Å². The predicted octanol–water partition coefficient (Wildman–Crippen LogP) is 7.25. The third-order valence-electron chi connectivity index (χ3n) is 5.66. The van der Waals surface area contributed by atoms with Gasteiger partial charge in [0.1, 0.15) is 11.5 Å². The summed E-state index contributed by atoms with van der Waals surface area (Å²) < 4.78 is 0. The lowest BCUT2D eigenvalue weighted by molar-refractivity contribution is 1.18. The van der Waals surface area contributed by atoms with E-state index < -0.39 is 0 Å². The van der Waals surface area contributed by atoms with E-state index in [0.717, 1.165) is 45.0 Å². The van der Waals surface area contributed by atoms with Crippen molar-refractivity contribution in [3.63, 3.8) is 0 Å². The van der Waals surface area contributed by atoms with Gasteiger partial charge in [-0.05, 0) is 54.6 Å². The summed E-state index contributed by atoms with van der Waals surface area (Å²) in [5.41, 5.74) is 6.08. The molecule has 32 heavy (non-hydrogen) atoms. The van der Waals surface area contributed by atoms with Gasteiger partial charge in [-0.15, -0.1) is 0 Å². The van der Waals surface area contributed by atoms with E-state index in [4.69, 9.17) is 4.98 Å². The van der Waals surface area contributed by atoms with Crippen molar-refractivity contribution in [1.29, 1.82) is 0 Å². The van der Waals surface area contributed by atoms with Crippen LogP contribution in [-0.2, 0) is 0 Å². The molecular formula is C28H20N4. The van der Waals surface area contributed by atoms with Crippen LogP contribution in [0.3, 0.4) is 0 Å². The number of benzene rings is 3. The molecule has 0 unspecified atom stereocenters. The van der Waals surface area contributed by atoms with Crippen LogP contribution in [0, 0.1) is 0 Å². The summed E-state index contributed by atoms with van der Waals surface area (Å²) in [5.74, 6) is 0.870. The van der Waals surface area contributed by atoms with E-state index in [9.17, 15) is 0 Å². The normalized spacial score (nSPS) is 11.1. The fraction of sp³-hybridized carbons (Fsp3) is 0. The van der Waals surface area contributed by atoms with E-state index in [1.165, 1.54) is 5.39 Å². The minimum Gasteiger partial charge on any atom is -0.339 e. The van der Waals surface area contributed by atoms with Crippen molar-refractivity contribution in [2.75, 3.05) is 4.90 Å². The van der Waals surface area contributed by atoms with Gasteiger partial charge in [-0.25, -0.2) is 9.97 Å². The number of anilines is 3. The Morgan fingerprint density at radius 1 is 0.625 bits per heavy atom. The molecule has 0 aliphatic carbocycles. The van der Waals surface area contributed by atoms with Gasteiger partial charge in [-0.3, -0.25) is 4.90 Å². The molecule has 4 heteroatoms. The van der Waals surface area contributed by atoms with E-state index in [2.05, 4.69) is 81.6 Å². The third kappa shape index (κ3) is 3.19. The van der Waals surface area contributed by atoms with E-state index in [0.29, 0.717) is 0 Å². The summed E-state index contributed by atoms with van der Waals surface area (Å²) >= 11 is 0. The lowest BCUT2D eigenvalue weighted by Crippen LogP contribution is -2.11. The molecule has 3 aromatic carbocycles. The smallest absolute Gasteiger partial charge is 0.139 e. The van der Waals surface area contributed by atoms with Crippen molar-refractivity contribution < 1.29 is 0 Å². The van der Waals surface area contributed by atoms with Crippen molar-refractivity contribution in [2.45, 2.75) is 0 Å². The molecule has 0 atom stereocenters. The second kappa shape index (κ2) is 7.67. The topological polar surface area (TPSA) is 44.8 Å². The molecule has 0 aliphatic heterocycles. The Labute approximate surface area is 185 Å². The van der Waals surface area contributed by atoms with Gasteiger partial charge in [-0.1, -0.05) is 54.6 Å². The van der Waals surface area contributed by atoms with Gasteiger partial charge >= 0.3 is 0 Å². The first-order valence-electron chi connectivity index (χ1n) is 10.6. The zero-order valence-electron chi connectivity index (χ0n) is 17.3. The number of fused-ring (bicyclic) bond motifs is 3. The van der Waals surface area contributed by atoms with Crippen LogP contribution < -0.4 is 4.90 Å². The quantitative estimate of drug-likeness (QED) is 0.332. The van der Waals surface area contributed by atoms with Crippen LogP contribution in [0.1, 0.15) is 0 Å². The van der Waals surface area contributed by atoms with Crippen molar-refractivity contribution >= 4 is 39.1 Å². The van der Waals surface area contributed by atoms with Crippen LogP contribution in [0.15, 0.2) is 115 Å². The molecule has 0 saturated heterocycles. The maximum atomic E-state index is 4.94. The van der Waals surface area contributed by atoms with Gasteiger partial charge in [0.15, 0.2) is 0 Å². The molecular weight excluding hydrogens is 392 g/mol. The van der Waals surface area contributed by atoms with Crippen molar-refractivity contribution in [3.8, 4) is 11.3 Å². The van der Waals surface area contributed by atoms with Crippen molar-refractivity contribution in [1.82, 2.24) is 15.0 Å². The highest BCUT2D eigenvalue weighted by Crippen LogP contribution is 2.35. The molecule has 3 heterocycles. The lowest BCUT2D eigenvalue weighted by atomic mass is 10.1. The first kappa shape index (κ1) is 18.3. The Hall–Kier alpha value is -4.44. The second-order valence-electron chi connectivity index (χ2n) is 7.67. The second-order valence-corrected chi connectivity index (χ2v) is 7.67. The number of aromatic amines is 1.